The molecule has 1 atom stereocenters. The minimum Gasteiger partial charge on any atom is -0.511 e. The normalized spacial score (nSPS) is 23.9. The van der Waals surface area contributed by atoms with Crippen LogP contribution in [0.2, 0.25) is 0 Å². The number of aliphatic hydroxyl groups excluding tert-OH is 3. The van der Waals surface area contributed by atoms with Gasteiger partial charge in [-0.05, 0) is 41.0 Å². The number of aliphatic hydroxyl groups is 3. The highest BCUT2D eigenvalue weighted by Gasteiger charge is 2.51. The quantitative estimate of drug-likeness (QED) is 0.456. The topological polar surface area (TPSA) is 146 Å². The number of carbonyl (C=O) groups excluding carboxylic acids is 5. The zero-order valence-electron chi connectivity index (χ0n) is 17.9. The third kappa shape index (κ3) is 3.20. The van der Waals surface area contributed by atoms with Crippen molar-refractivity contribution >= 4 is 28.9 Å². The van der Waals surface area contributed by atoms with Crippen molar-refractivity contribution in [1.82, 2.24) is 0 Å². The fourth-order valence-corrected chi connectivity index (χ4v) is 3.80. The predicted octanol–water partition coefficient (Wildman–Crippen LogP) is 2.78. The van der Waals surface area contributed by atoms with E-state index in [0.29, 0.717) is 0 Å². The highest BCUT2D eigenvalue weighted by atomic mass is 16.3. The molecule has 0 radical (unpaired) electrons. The largest absolute Gasteiger partial charge is 0.511 e. The Kier molecular flexibility index (Phi) is 5.69. The second-order valence-corrected chi connectivity index (χ2v) is 8.67. The minimum absolute atomic E-state index is 0.0747. The molecule has 0 spiro atoms. The first kappa shape index (κ1) is 23.3. The van der Waals surface area contributed by atoms with Crippen LogP contribution < -0.4 is 0 Å². The molecular formula is C22H26O8. The lowest BCUT2D eigenvalue weighted by Gasteiger charge is -2.35. The van der Waals surface area contributed by atoms with Crippen LogP contribution in [0.3, 0.4) is 0 Å². The first-order valence-corrected chi connectivity index (χ1v) is 9.59. The maximum atomic E-state index is 13.0. The van der Waals surface area contributed by atoms with E-state index in [9.17, 15) is 39.3 Å². The lowest BCUT2D eigenvalue weighted by atomic mass is 9.66. The Labute approximate surface area is 174 Å². The summed E-state index contributed by atoms with van der Waals surface area (Å²) in [6, 6.07) is 0. The standard InChI is InChI=1S/C22H26O8/c1-7-12(24)14-16(26)11(18(28)22(5,6)20(14)30)8-10-15(25)13(9(2)23)19(29)21(3,4)17(10)27/h10,26,28-29H,7-8H2,1-6H3. The summed E-state index contributed by atoms with van der Waals surface area (Å²) in [5.41, 5.74) is -4.38. The van der Waals surface area contributed by atoms with Gasteiger partial charge in [0.15, 0.2) is 28.9 Å². The molecule has 8 heteroatoms. The molecule has 0 saturated heterocycles. The van der Waals surface area contributed by atoms with Crippen molar-refractivity contribution in [2.75, 3.05) is 0 Å². The van der Waals surface area contributed by atoms with Crippen LogP contribution in [0.5, 0.6) is 0 Å². The first-order valence-electron chi connectivity index (χ1n) is 9.59. The van der Waals surface area contributed by atoms with Crippen LogP contribution in [0.1, 0.15) is 54.4 Å². The minimum atomic E-state index is -1.56. The summed E-state index contributed by atoms with van der Waals surface area (Å²) < 4.78 is 0. The summed E-state index contributed by atoms with van der Waals surface area (Å²) in [4.78, 5) is 62.7. The van der Waals surface area contributed by atoms with Crippen molar-refractivity contribution in [2.45, 2.75) is 54.4 Å². The monoisotopic (exact) mass is 418 g/mol. The first-order chi connectivity index (χ1) is 13.6. The highest BCUT2D eigenvalue weighted by Crippen LogP contribution is 2.44. The number of Topliss-reactive ketones (excluding diaryl/α,β-unsaturated/α-hetero) is 5. The van der Waals surface area contributed by atoms with Gasteiger partial charge in [0.1, 0.15) is 22.9 Å². The van der Waals surface area contributed by atoms with Gasteiger partial charge in [0.25, 0.3) is 0 Å². The molecule has 2 aliphatic carbocycles. The Morgan fingerprint density at radius 1 is 0.900 bits per heavy atom. The Hall–Kier alpha value is -3.03. The maximum absolute atomic E-state index is 13.0. The van der Waals surface area contributed by atoms with Crippen LogP contribution in [0.25, 0.3) is 0 Å². The molecule has 8 nitrogen and oxygen atoms in total. The molecule has 0 amide bonds. The van der Waals surface area contributed by atoms with Crippen LogP contribution in [0, 0.1) is 16.7 Å². The number of allylic oxidation sites excluding steroid dienone is 5. The van der Waals surface area contributed by atoms with Gasteiger partial charge < -0.3 is 15.3 Å². The second kappa shape index (κ2) is 7.34. The molecule has 0 bridgehead atoms. The number of hydrogen-bond donors (Lipinski definition) is 3. The van der Waals surface area contributed by atoms with E-state index in [1.165, 1.54) is 34.6 Å². The number of ketones is 5. The average molecular weight is 418 g/mol. The zero-order chi connectivity index (χ0) is 23.3. The summed E-state index contributed by atoms with van der Waals surface area (Å²) in [5.74, 6) is -7.21. The van der Waals surface area contributed by atoms with Gasteiger partial charge >= 0.3 is 0 Å². The van der Waals surface area contributed by atoms with Crippen LogP contribution >= 0.6 is 0 Å². The summed E-state index contributed by atoms with van der Waals surface area (Å²) in [5, 5.41) is 31.6. The summed E-state index contributed by atoms with van der Waals surface area (Å²) in [6.07, 6.45) is -0.602. The van der Waals surface area contributed by atoms with E-state index in [4.69, 9.17) is 0 Å². The molecule has 1 unspecified atom stereocenters. The Morgan fingerprint density at radius 3 is 1.90 bits per heavy atom. The molecule has 0 heterocycles. The summed E-state index contributed by atoms with van der Waals surface area (Å²) in [6.45, 7) is 8.03. The van der Waals surface area contributed by atoms with Crippen molar-refractivity contribution in [3.63, 3.8) is 0 Å². The van der Waals surface area contributed by atoms with Crippen molar-refractivity contribution in [1.29, 1.82) is 0 Å². The zero-order valence-corrected chi connectivity index (χ0v) is 17.9. The molecule has 0 aliphatic heterocycles. The molecule has 3 N–H and O–H groups in total. The molecule has 0 aromatic heterocycles. The van der Waals surface area contributed by atoms with Crippen molar-refractivity contribution < 1.29 is 39.3 Å². The SMILES string of the molecule is CCC(=O)C1=C(O)C(CC2C(=O)C(C(C)=O)=C(O)C(C)(C)C2=O)=C(O)C(C)(C)C1=O. The molecule has 2 rings (SSSR count). The molecule has 30 heavy (non-hydrogen) atoms. The molecule has 0 fully saturated rings. The highest BCUT2D eigenvalue weighted by molar-refractivity contribution is 6.28. The van der Waals surface area contributed by atoms with Gasteiger partial charge in [0, 0.05) is 12.0 Å². The van der Waals surface area contributed by atoms with E-state index >= 15 is 0 Å². The Morgan fingerprint density at radius 2 is 1.43 bits per heavy atom. The summed E-state index contributed by atoms with van der Waals surface area (Å²) in [7, 11) is 0. The van der Waals surface area contributed by atoms with Crippen LogP contribution in [-0.2, 0) is 24.0 Å². The molecule has 0 aromatic carbocycles. The van der Waals surface area contributed by atoms with Gasteiger partial charge in [0.05, 0.1) is 22.3 Å². The Bertz CT molecular complexity index is 985. The lowest BCUT2D eigenvalue weighted by molar-refractivity contribution is -0.139. The fraction of sp³-hybridized carbons (Fsp3) is 0.500. The van der Waals surface area contributed by atoms with Crippen LogP contribution in [0.15, 0.2) is 34.0 Å². The predicted molar refractivity (Wildman–Crippen MR) is 106 cm³/mol. The van der Waals surface area contributed by atoms with Gasteiger partial charge in [-0.15, -0.1) is 0 Å². The maximum Gasteiger partial charge on any atom is 0.183 e. The van der Waals surface area contributed by atoms with Crippen LogP contribution in [0.4, 0.5) is 0 Å². The molecule has 2 aliphatic rings. The van der Waals surface area contributed by atoms with E-state index in [2.05, 4.69) is 0 Å². The Balaban J connectivity index is 2.69. The molecular weight excluding hydrogens is 392 g/mol. The van der Waals surface area contributed by atoms with Gasteiger partial charge in [0.2, 0.25) is 0 Å². The van der Waals surface area contributed by atoms with E-state index in [0.717, 1.165) is 6.92 Å². The summed E-state index contributed by atoms with van der Waals surface area (Å²) >= 11 is 0. The number of carbonyl (C=O) groups is 5. The third-order valence-electron chi connectivity index (χ3n) is 5.88. The van der Waals surface area contributed by atoms with Crippen molar-refractivity contribution in [3.8, 4) is 0 Å². The molecule has 0 saturated carbocycles. The fourth-order valence-electron chi connectivity index (χ4n) is 3.80. The van der Waals surface area contributed by atoms with Gasteiger partial charge in [-0.25, -0.2) is 0 Å². The van der Waals surface area contributed by atoms with E-state index < -0.39 is 80.5 Å². The van der Waals surface area contributed by atoms with Crippen molar-refractivity contribution in [2.24, 2.45) is 16.7 Å². The molecule has 162 valence electrons. The van der Waals surface area contributed by atoms with E-state index in [1.807, 2.05) is 0 Å². The smallest absolute Gasteiger partial charge is 0.183 e. The van der Waals surface area contributed by atoms with Gasteiger partial charge in [-0.1, -0.05) is 6.92 Å². The van der Waals surface area contributed by atoms with E-state index in [1.54, 1.807) is 0 Å². The molecule has 0 aromatic rings. The average Bonchev–Trinajstić information content (AvgIpc) is 2.65. The second-order valence-electron chi connectivity index (χ2n) is 8.67. The van der Waals surface area contributed by atoms with Crippen LogP contribution in [-0.4, -0.2) is 44.2 Å². The number of rotatable bonds is 5. The lowest BCUT2D eigenvalue weighted by Crippen LogP contribution is -2.45. The third-order valence-corrected chi connectivity index (χ3v) is 5.88. The van der Waals surface area contributed by atoms with Gasteiger partial charge in [-0.3, -0.25) is 24.0 Å². The van der Waals surface area contributed by atoms with E-state index in [-0.39, 0.29) is 12.0 Å². The van der Waals surface area contributed by atoms with Gasteiger partial charge in [-0.2, -0.15) is 0 Å². The number of hydrogen-bond acceptors (Lipinski definition) is 8. The van der Waals surface area contributed by atoms with Crippen molar-refractivity contribution in [3.05, 3.63) is 34.0 Å².